The molecule has 0 bridgehead atoms. The first-order valence-corrected chi connectivity index (χ1v) is 9.47. The molecule has 0 unspecified atom stereocenters. The van der Waals surface area contributed by atoms with Gasteiger partial charge in [-0.1, -0.05) is 0 Å². The van der Waals surface area contributed by atoms with Gasteiger partial charge in [0.25, 0.3) is 5.56 Å². The molecule has 8 nitrogen and oxygen atoms in total. The molecule has 28 heavy (non-hydrogen) atoms. The summed E-state index contributed by atoms with van der Waals surface area (Å²) in [6, 6.07) is 1.24. The maximum atomic E-state index is 12.5. The molecular weight excluding hydrogens is 364 g/mol. The second-order valence-corrected chi connectivity index (χ2v) is 8.85. The number of aromatic nitrogens is 1. The van der Waals surface area contributed by atoms with Gasteiger partial charge in [0.1, 0.15) is 5.60 Å². The van der Waals surface area contributed by atoms with E-state index in [2.05, 4.69) is 0 Å². The van der Waals surface area contributed by atoms with Gasteiger partial charge in [0.15, 0.2) is 6.29 Å². The highest BCUT2D eigenvalue weighted by molar-refractivity contribution is 5.96. The molecule has 0 radical (unpaired) electrons. The molecule has 1 aliphatic heterocycles. The van der Waals surface area contributed by atoms with Gasteiger partial charge in [-0.15, -0.1) is 0 Å². The lowest BCUT2D eigenvalue weighted by Gasteiger charge is -2.53. The molecule has 3 rings (SSSR count). The summed E-state index contributed by atoms with van der Waals surface area (Å²) >= 11 is 0. The second-order valence-electron chi connectivity index (χ2n) is 8.85. The highest BCUT2D eigenvalue weighted by Crippen LogP contribution is 2.47. The van der Waals surface area contributed by atoms with Crippen LogP contribution in [0.3, 0.4) is 0 Å². The highest BCUT2D eigenvalue weighted by atomic mass is 16.6. The summed E-state index contributed by atoms with van der Waals surface area (Å²) in [6.07, 6.45) is 4.70. The first kappa shape index (κ1) is 20.1. The van der Waals surface area contributed by atoms with Crippen LogP contribution in [0, 0.1) is 5.41 Å². The van der Waals surface area contributed by atoms with Crippen molar-refractivity contribution in [1.29, 1.82) is 0 Å². The van der Waals surface area contributed by atoms with E-state index in [1.807, 2.05) is 20.8 Å². The Morgan fingerprint density at radius 3 is 2.36 bits per heavy atom. The number of amides is 1. The van der Waals surface area contributed by atoms with E-state index >= 15 is 0 Å². The van der Waals surface area contributed by atoms with Crippen LogP contribution in [-0.4, -0.2) is 51.6 Å². The van der Waals surface area contributed by atoms with Crippen LogP contribution in [0.4, 0.5) is 4.79 Å². The number of ether oxygens (including phenoxy) is 1. The molecular formula is C20H26N2O6. The summed E-state index contributed by atoms with van der Waals surface area (Å²) in [5.74, 6) is -1.29. The molecule has 2 aliphatic rings. The summed E-state index contributed by atoms with van der Waals surface area (Å²) in [5, 5.41) is 9.12. The van der Waals surface area contributed by atoms with Crippen LogP contribution < -0.4 is 5.56 Å². The third-order valence-corrected chi connectivity index (χ3v) is 5.62. The molecule has 2 fully saturated rings. The van der Waals surface area contributed by atoms with E-state index in [4.69, 9.17) is 9.84 Å². The molecule has 152 valence electrons. The molecule has 1 aromatic heterocycles. The summed E-state index contributed by atoms with van der Waals surface area (Å²) in [6.45, 7) is 6.83. The van der Waals surface area contributed by atoms with Gasteiger partial charge in [-0.25, -0.2) is 9.59 Å². The Labute approximate surface area is 163 Å². The molecule has 1 amide bonds. The first-order valence-electron chi connectivity index (χ1n) is 9.47. The van der Waals surface area contributed by atoms with Crippen molar-refractivity contribution in [2.45, 2.75) is 58.1 Å². The van der Waals surface area contributed by atoms with E-state index in [-0.39, 0.29) is 28.7 Å². The number of aromatic carboxylic acids is 1. The average molecular weight is 390 g/mol. The Morgan fingerprint density at radius 1 is 1.25 bits per heavy atom. The number of carbonyl (C=O) groups excluding carboxylic acids is 2. The minimum absolute atomic E-state index is 0.0610. The fraction of sp³-hybridized carbons (Fsp3) is 0.600. The lowest BCUT2D eigenvalue weighted by molar-refractivity contribution is -0.0535. The lowest BCUT2D eigenvalue weighted by Crippen LogP contribution is -2.60. The van der Waals surface area contributed by atoms with E-state index < -0.39 is 17.1 Å². The number of rotatable bonds is 3. The van der Waals surface area contributed by atoms with Crippen LogP contribution in [0.25, 0.3) is 0 Å². The van der Waals surface area contributed by atoms with E-state index in [9.17, 15) is 19.2 Å². The number of carboxylic acids is 1. The van der Waals surface area contributed by atoms with Crippen molar-refractivity contribution in [3.8, 4) is 0 Å². The SMILES string of the molecule is CC(C)(C)OC(=O)N1CC2(CCC(n3ccc(C(=O)O)c(C=O)c3=O)CC2)C1. The van der Waals surface area contributed by atoms with E-state index in [1.165, 1.54) is 16.8 Å². The van der Waals surface area contributed by atoms with Gasteiger partial charge in [0, 0.05) is 30.7 Å². The molecule has 2 heterocycles. The predicted molar refractivity (Wildman–Crippen MR) is 101 cm³/mol. The normalized spacial score (nSPS) is 19.2. The fourth-order valence-corrected chi connectivity index (χ4v) is 4.18. The molecule has 1 aliphatic carbocycles. The quantitative estimate of drug-likeness (QED) is 0.796. The number of pyridine rings is 1. The number of aldehydes is 1. The summed E-state index contributed by atoms with van der Waals surface area (Å²) in [7, 11) is 0. The van der Waals surface area contributed by atoms with Crippen molar-refractivity contribution in [3.63, 3.8) is 0 Å². The fourth-order valence-electron chi connectivity index (χ4n) is 4.18. The van der Waals surface area contributed by atoms with Gasteiger partial charge in [0.2, 0.25) is 0 Å². The van der Waals surface area contributed by atoms with Gasteiger partial charge >= 0.3 is 12.1 Å². The molecule has 8 heteroatoms. The van der Waals surface area contributed by atoms with Crippen molar-refractivity contribution in [3.05, 3.63) is 33.7 Å². The van der Waals surface area contributed by atoms with Gasteiger partial charge < -0.3 is 19.3 Å². The molecule has 1 N–H and O–H groups in total. The highest BCUT2D eigenvalue weighted by Gasteiger charge is 2.48. The van der Waals surface area contributed by atoms with Crippen LogP contribution >= 0.6 is 0 Å². The van der Waals surface area contributed by atoms with Crippen LogP contribution in [0.15, 0.2) is 17.1 Å². The number of carbonyl (C=O) groups is 3. The zero-order chi connectivity index (χ0) is 20.7. The van der Waals surface area contributed by atoms with E-state index in [0.29, 0.717) is 19.4 Å². The molecule has 1 saturated carbocycles. The Hall–Kier alpha value is -2.64. The Balaban J connectivity index is 1.64. The molecule has 1 spiro atoms. The maximum absolute atomic E-state index is 12.5. The molecule has 1 aromatic rings. The summed E-state index contributed by atoms with van der Waals surface area (Å²) in [4.78, 5) is 48.8. The number of nitrogens with zero attached hydrogens (tertiary/aromatic N) is 2. The van der Waals surface area contributed by atoms with Crippen LogP contribution in [0.5, 0.6) is 0 Å². The van der Waals surface area contributed by atoms with Gasteiger partial charge in [-0.2, -0.15) is 0 Å². The molecule has 0 atom stereocenters. The third kappa shape index (κ3) is 3.81. The topological polar surface area (TPSA) is 106 Å². The van der Waals surface area contributed by atoms with Crippen molar-refractivity contribution in [2.24, 2.45) is 5.41 Å². The van der Waals surface area contributed by atoms with Crippen LogP contribution in [0.1, 0.15) is 73.2 Å². The van der Waals surface area contributed by atoms with Gasteiger partial charge in [0.05, 0.1) is 11.1 Å². The third-order valence-electron chi connectivity index (χ3n) is 5.62. The molecule has 1 saturated heterocycles. The van der Waals surface area contributed by atoms with Crippen LogP contribution in [0.2, 0.25) is 0 Å². The standard InChI is InChI=1S/C20H26N2O6/c1-19(2,3)28-18(27)21-11-20(12-21)7-4-13(5-8-20)22-9-6-14(17(25)26)15(10-23)16(22)24/h6,9-10,13H,4-5,7-8,11-12H2,1-3H3,(H,25,26). The Bertz CT molecular complexity index is 850. The number of hydrogen-bond acceptors (Lipinski definition) is 5. The second kappa shape index (κ2) is 7.07. The van der Waals surface area contributed by atoms with Gasteiger partial charge in [-0.05, 0) is 52.5 Å². The predicted octanol–water partition coefficient (Wildman–Crippen LogP) is 2.71. The first-order chi connectivity index (χ1) is 13.1. The Morgan fingerprint density at radius 2 is 1.86 bits per heavy atom. The maximum Gasteiger partial charge on any atom is 0.410 e. The minimum Gasteiger partial charge on any atom is -0.478 e. The average Bonchev–Trinajstić information content (AvgIpc) is 2.58. The zero-order valence-electron chi connectivity index (χ0n) is 16.4. The largest absolute Gasteiger partial charge is 0.478 e. The van der Waals surface area contributed by atoms with Crippen molar-refractivity contribution < 1.29 is 24.2 Å². The van der Waals surface area contributed by atoms with Crippen molar-refractivity contribution in [1.82, 2.24) is 9.47 Å². The van der Waals surface area contributed by atoms with Crippen molar-refractivity contribution >= 4 is 18.3 Å². The minimum atomic E-state index is -1.29. The van der Waals surface area contributed by atoms with E-state index in [0.717, 1.165) is 25.7 Å². The van der Waals surface area contributed by atoms with Gasteiger partial charge in [-0.3, -0.25) is 9.59 Å². The number of carboxylic acid groups (broad SMARTS) is 1. The van der Waals surface area contributed by atoms with Crippen LogP contribution in [-0.2, 0) is 4.74 Å². The lowest BCUT2D eigenvalue weighted by atomic mass is 9.67. The zero-order valence-corrected chi connectivity index (χ0v) is 16.4. The molecule has 0 aromatic carbocycles. The summed E-state index contributed by atoms with van der Waals surface area (Å²) in [5.41, 5.74) is -1.59. The monoisotopic (exact) mass is 390 g/mol. The Kier molecular flexibility index (Phi) is 5.08. The number of likely N-dealkylation sites (tertiary alicyclic amines) is 1. The summed E-state index contributed by atoms with van der Waals surface area (Å²) < 4.78 is 6.88. The number of hydrogen-bond donors (Lipinski definition) is 1. The van der Waals surface area contributed by atoms with Crippen molar-refractivity contribution in [2.75, 3.05) is 13.1 Å². The smallest absolute Gasteiger partial charge is 0.410 e. The van der Waals surface area contributed by atoms with E-state index in [1.54, 1.807) is 4.90 Å².